The molecule has 0 aliphatic heterocycles. The van der Waals surface area contributed by atoms with Crippen LogP contribution >= 0.6 is 0 Å². The summed E-state index contributed by atoms with van der Waals surface area (Å²) in [5.74, 6) is -2.85. The zero-order valence-electron chi connectivity index (χ0n) is 8.24. The first-order chi connectivity index (χ1) is 7.10. The Kier molecular flexibility index (Phi) is 8.57. The minimum atomic E-state index is -3.80. The van der Waals surface area contributed by atoms with Crippen LogP contribution in [0.4, 0.5) is 0 Å². The van der Waals surface area contributed by atoms with Crippen molar-refractivity contribution in [2.24, 2.45) is 11.5 Å². The lowest BCUT2D eigenvalue weighted by molar-refractivity contribution is -0.144. The van der Waals surface area contributed by atoms with E-state index in [0.29, 0.717) is 0 Å². The van der Waals surface area contributed by atoms with Crippen LogP contribution in [0.15, 0.2) is 0 Å². The maximum absolute atomic E-state index is 9.85. The lowest BCUT2D eigenvalue weighted by Crippen LogP contribution is -2.32. The van der Waals surface area contributed by atoms with Crippen molar-refractivity contribution < 1.29 is 32.8 Å². The van der Waals surface area contributed by atoms with Gasteiger partial charge in [-0.15, -0.1) is 0 Å². The van der Waals surface area contributed by atoms with Crippen molar-refractivity contribution in [3.63, 3.8) is 0 Å². The van der Waals surface area contributed by atoms with E-state index >= 15 is 0 Å². The van der Waals surface area contributed by atoms with E-state index in [9.17, 15) is 18.0 Å². The average Bonchev–Trinajstić information content (AvgIpc) is 2.01. The van der Waals surface area contributed by atoms with E-state index in [4.69, 9.17) is 26.2 Å². The third kappa shape index (κ3) is 15.3. The van der Waals surface area contributed by atoms with E-state index in [0.717, 1.165) is 0 Å². The molecule has 0 aliphatic carbocycles. The normalized spacial score (nSPS) is 12.2. The van der Waals surface area contributed by atoms with Gasteiger partial charge in [-0.25, -0.2) is 0 Å². The third-order valence-electron chi connectivity index (χ3n) is 1.09. The first-order valence-corrected chi connectivity index (χ1v) is 5.56. The number of carboxylic acid groups (broad SMARTS) is 2. The van der Waals surface area contributed by atoms with Crippen LogP contribution < -0.4 is 11.5 Å². The van der Waals surface area contributed by atoms with Gasteiger partial charge in [-0.1, -0.05) is 0 Å². The van der Waals surface area contributed by atoms with Gasteiger partial charge in [0.2, 0.25) is 0 Å². The van der Waals surface area contributed by atoms with Crippen molar-refractivity contribution in [3.05, 3.63) is 0 Å². The van der Waals surface area contributed by atoms with Crippen LogP contribution in [0.1, 0.15) is 6.42 Å². The molecule has 0 amide bonds. The van der Waals surface area contributed by atoms with Crippen LogP contribution in [-0.2, 0) is 19.7 Å². The zero-order chi connectivity index (χ0) is 13.4. The van der Waals surface area contributed by atoms with Gasteiger partial charge in [-0.2, -0.15) is 8.42 Å². The fourth-order valence-corrected chi connectivity index (χ4v) is 0.722. The summed E-state index contributed by atoms with van der Waals surface area (Å²) >= 11 is 0. The minimum absolute atomic E-state index is 0.0289. The highest BCUT2D eigenvalue weighted by molar-refractivity contribution is 7.85. The van der Waals surface area contributed by atoms with E-state index in [1.165, 1.54) is 0 Å². The Morgan fingerprint density at radius 3 is 1.75 bits per heavy atom. The summed E-state index contributed by atoms with van der Waals surface area (Å²) in [5, 5.41) is 16.0. The van der Waals surface area contributed by atoms with Gasteiger partial charge in [-0.05, 0) is 0 Å². The van der Waals surface area contributed by atoms with E-state index in [2.05, 4.69) is 0 Å². The second-order valence-electron chi connectivity index (χ2n) is 2.62. The van der Waals surface area contributed by atoms with Crippen LogP contribution in [0.25, 0.3) is 0 Å². The molecule has 16 heavy (non-hydrogen) atoms. The van der Waals surface area contributed by atoms with Gasteiger partial charge in [0, 0.05) is 6.54 Å². The van der Waals surface area contributed by atoms with Gasteiger partial charge >= 0.3 is 11.9 Å². The monoisotopic (exact) mass is 258 g/mol. The largest absolute Gasteiger partial charge is 0.481 e. The van der Waals surface area contributed by atoms with Crippen molar-refractivity contribution in [3.8, 4) is 0 Å². The van der Waals surface area contributed by atoms with E-state index in [1.54, 1.807) is 0 Å². The smallest absolute Gasteiger partial charge is 0.321 e. The SMILES string of the molecule is NCCS(=O)(=O)O.N[C@@H](CC(=O)O)C(=O)O. The van der Waals surface area contributed by atoms with Gasteiger partial charge in [0.05, 0.1) is 12.2 Å². The molecule has 10 heteroatoms. The number of rotatable bonds is 5. The number of hydrogen-bond donors (Lipinski definition) is 5. The summed E-state index contributed by atoms with van der Waals surface area (Å²) in [7, 11) is -3.80. The van der Waals surface area contributed by atoms with Gasteiger partial charge in [-0.3, -0.25) is 14.1 Å². The highest BCUT2D eigenvalue weighted by Gasteiger charge is 2.14. The molecule has 0 aromatic heterocycles. The zero-order valence-corrected chi connectivity index (χ0v) is 9.05. The molecule has 0 aliphatic rings. The predicted octanol–water partition coefficient (Wildman–Crippen LogP) is -2.29. The minimum Gasteiger partial charge on any atom is -0.481 e. The van der Waals surface area contributed by atoms with Crippen molar-refractivity contribution in [1.82, 2.24) is 0 Å². The maximum Gasteiger partial charge on any atom is 0.321 e. The molecule has 0 saturated heterocycles. The van der Waals surface area contributed by atoms with Gasteiger partial charge in [0.25, 0.3) is 10.1 Å². The number of hydrogen-bond acceptors (Lipinski definition) is 6. The molecule has 0 fully saturated rings. The fourth-order valence-electron chi connectivity index (χ4n) is 0.424. The van der Waals surface area contributed by atoms with Gasteiger partial charge in [0.1, 0.15) is 6.04 Å². The average molecular weight is 258 g/mol. The molecular weight excluding hydrogens is 244 g/mol. The Hall–Kier alpha value is -1.23. The number of carbonyl (C=O) groups is 2. The molecule has 0 aromatic carbocycles. The molecule has 0 spiro atoms. The molecule has 0 unspecified atom stereocenters. The Labute approximate surface area is 91.8 Å². The van der Waals surface area contributed by atoms with Crippen molar-refractivity contribution in [1.29, 1.82) is 0 Å². The summed E-state index contributed by atoms with van der Waals surface area (Å²) in [5.41, 5.74) is 9.61. The van der Waals surface area contributed by atoms with Crippen molar-refractivity contribution in [2.45, 2.75) is 12.5 Å². The number of aliphatic carboxylic acids is 2. The van der Waals surface area contributed by atoms with Crippen LogP contribution in [0.2, 0.25) is 0 Å². The first kappa shape index (κ1) is 17.2. The summed E-state index contributed by atoms with van der Waals surface area (Å²) in [6.07, 6.45) is -0.532. The Morgan fingerprint density at radius 1 is 1.25 bits per heavy atom. The Morgan fingerprint density at radius 2 is 1.69 bits per heavy atom. The molecular formula is C6H14N2O7S. The Balaban J connectivity index is 0. The summed E-state index contributed by atoms with van der Waals surface area (Å²) in [6.45, 7) is -0.0289. The van der Waals surface area contributed by atoms with Crippen LogP contribution in [0.3, 0.4) is 0 Å². The van der Waals surface area contributed by atoms with E-state index < -0.39 is 34.5 Å². The predicted molar refractivity (Wildman–Crippen MR) is 53.3 cm³/mol. The second kappa shape index (κ2) is 7.98. The molecule has 0 saturated carbocycles. The molecule has 0 heterocycles. The van der Waals surface area contributed by atoms with Crippen LogP contribution in [-0.4, -0.2) is 53.5 Å². The fraction of sp³-hybridized carbons (Fsp3) is 0.667. The van der Waals surface area contributed by atoms with Crippen LogP contribution in [0.5, 0.6) is 0 Å². The quantitative estimate of drug-likeness (QED) is 0.339. The lowest BCUT2D eigenvalue weighted by atomic mass is 10.2. The highest BCUT2D eigenvalue weighted by atomic mass is 32.2. The molecule has 9 nitrogen and oxygen atoms in total. The van der Waals surface area contributed by atoms with Crippen molar-refractivity contribution >= 4 is 22.1 Å². The third-order valence-corrected chi connectivity index (χ3v) is 1.84. The number of nitrogens with two attached hydrogens (primary N) is 2. The van der Waals surface area contributed by atoms with Crippen LogP contribution in [0, 0.1) is 0 Å². The number of carboxylic acids is 2. The molecule has 7 N–H and O–H groups in total. The molecule has 0 radical (unpaired) electrons. The summed E-state index contributed by atoms with van der Waals surface area (Å²) in [6, 6.07) is -1.29. The van der Waals surface area contributed by atoms with E-state index in [1.807, 2.05) is 0 Å². The molecule has 1 atom stereocenters. The highest BCUT2D eigenvalue weighted by Crippen LogP contribution is 1.86. The van der Waals surface area contributed by atoms with E-state index in [-0.39, 0.29) is 12.3 Å². The van der Waals surface area contributed by atoms with Gasteiger partial charge in [0.15, 0.2) is 0 Å². The first-order valence-electron chi connectivity index (χ1n) is 3.95. The Bertz CT molecular complexity index is 326. The molecule has 0 bridgehead atoms. The molecule has 96 valence electrons. The summed E-state index contributed by atoms with van der Waals surface area (Å²) < 4.78 is 27.3. The molecule has 0 rings (SSSR count). The second-order valence-corrected chi connectivity index (χ2v) is 4.19. The van der Waals surface area contributed by atoms with Crippen molar-refractivity contribution in [2.75, 3.05) is 12.3 Å². The van der Waals surface area contributed by atoms with Gasteiger partial charge < -0.3 is 21.7 Å². The molecule has 0 aromatic rings. The maximum atomic E-state index is 9.85. The lowest BCUT2D eigenvalue weighted by Gasteiger charge is -1.99. The standard InChI is InChI=1S/C4H7NO4.C2H7NO3S/c5-2(4(8)9)1-3(6)7;3-1-2-7(4,5)6/h2H,1,5H2,(H,6,7)(H,8,9);1-3H2,(H,4,5,6)/t2-;/m0./s1. The topological polar surface area (TPSA) is 181 Å². The summed E-state index contributed by atoms with van der Waals surface area (Å²) in [4.78, 5) is 19.6.